The number of hydrogen-bond donors (Lipinski definition) is 2. The van der Waals surface area contributed by atoms with Crippen LogP contribution in [0.25, 0.3) is 0 Å². The number of ether oxygens (including phenoxy) is 2. The third-order valence-corrected chi connectivity index (χ3v) is 5.01. The second-order valence-electron chi connectivity index (χ2n) is 6.96. The second kappa shape index (κ2) is 10.00. The van der Waals surface area contributed by atoms with Gasteiger partial charge in [-0.1, -0.05) is 31.7 Å². The van der Waals surface area contributed by atoms with Crippen LogP contribution in [0.5, 0.6) is 11.5 Å². The van der Waals surface area contributed by atoms with E-state index in [0.29, 0.717) is 12.0 Å². The first-order valence-corrected chi connectivity index (χ1v) is 9.83. The van der Waals surface area contributed by atoms with Gasteiger partial charge in [0.15, 0.2) is 11.5 Å². The van der Waals surface area contributed by atoms with Crippen molar-refractivity contribution in [3.63, 3.8) is 0 Å². The molecular weight excluding hydrogens is 340 g/mol. The summed E-state index contributed by atoms with van der Waals surface area (Å²) in [4.78, 5) is 8.95. The van der Waals surface area contributed by atoms with Crippen molar-refractivity contribution in [3.8, 4) is 11.5 Å². The van der Waals surface area contributed by atoms with Crippen LogP contribution in [0, 0.1) is 0 Å². The predicted molar refractivity (Wildman–Crippen MR) is 109 cm³/mol. The Labute approximate surface area is 161 Å². The molecule has 0 aliphatic heterocycles. The van der Waals surface area contributed by atoms with Crippen LogP contribution in [-0.4, -0.2) is 36.8 Å². The molecule has 6 nitrogen and oxygen atoms in total. The maximum Gasteiger partial charge on any atom is 0.224 e. The third-order valence-electron chi connectivity index (χ3n) is 5.01. The van der Waals surface area contributed by atoms with Gasteiger partial charge in [0.05, 0.1) is 14.2 Å². The molecule has 0 amide bonds. The zero-order valence-corrected chi connectivity index (χ0v) is 16.3. The van der Waals surface area contributed by atoms with Crippen LogP contribution >= 0.6 is 0 Å². The summed E-state index contributed by atoms with van der Waals surface area (Å²) in [5.41, 5.74) is 1.17. The van der Waals surface area contributed by atoms with Crippen molar-refractivity contribution in [2.24, 2.45) is 0 Å². The molecule has 3 rings (SSSR count). The summed E-state index contributed by atoms with van der Waals surface area (Å²) < 4.78 is 10.6. The lowest BCUT2D eigenvalue weighted by molar-refractivity contribution is 0.354. The number of methoxy groups -OCH3 is 2. The maximum absolute atomic E-state index is 5.36. The van der Waals surface area contributed by atoms with Crippen molar-refractivity contribution < 1.29 is 9.47 Å². The highest BCUT2D eigenvalue weighted by atomic mass is 16.5. The molecule has 1 aromatic heterocycles. The van der Waals surface area contributed by atoms with E-state index in [1.54, 1.807) is 14.2 Å². The molecule has 0 saturated heterocycles. The highest BCUT2D eigenvalue weighted by Gasteiger charge is 2.12. The van der Waals surface area contributed by atoms with E-state index in [0.717, 1.165) is 30.3 Å². The lowest BCUT2D eigenvalue weighted by Crippen LogP contribution is -2.19. The number of nitrogens with zero attached hydrogens (tertiary/aromatic N) is 2. The minimum atomic E-state index is 0.530. The van der Waals surface area contributed by atoms with Crippen LogP contribution in [-0.2, 0) is 6.42 Å². The number of aromatic nitrogens is 2. The fourth-order valence-corrected chi connectivity index (χ4v) is 3.51. The quantitative estimate of drug-likeness (QED) is 0.676. The van der Waals surface area contributed by atoms with Crippen LogP contribution in [0.15, 0.2) is 30.5 Å². The van der Waals surface area contributed by atoms with Gasteiger partial charge in [-0.05, 0) is 43.0 Å². The van der Waals surface area contributed by atoms with Crippen LogP contribution in [0.3, 0.4) is 0 Å². The Morgan fingerprint density at radius 1 is 1.00 bits per heavy atom. The third kappa shape index (κ3) is 5.74. The average Bonchev–Trinajstić information content (AvgIpc) is 2.97. The molecular formula is C21H30N4O2. The van der Waals surface area contributed by atoms with Gasteiger partial charge >= 0.3 is 0 Å². The summed E-state index contributed by atoms with van der Waals surface area (Å²) in [6, 6.07) is 8.47. The minimum Gasteiger partial charge on any atom is -0.493 e. The van der Waals surface area contributed by atoms with Crippen LogP contribution < -0.4 is 20.1 Å². The normalized spacial score (nSPS) is 15.0. The standard InChI is InChI=1S/C21H30N4O2/c1-26-18-10-9-16(15-19(18)27-2)11-13-22-21-23-14-12-20(25-21)24-17-7-5-3-4-6-8-17/h9-10,12,14-15,17H,3-8,11,13H2,1-2H3,(H2,22,23,24,25). The van der Waals surface area contributed by atoms with Crippen molar-refractivity contribution in [1.82, 2.24) is 9.97 Å². The van der Waals surface area contributed by atoms with E-state index >= 15 is 0 Å². The van der Waals surface area contributed by atoms with Crippen LogP contribution in [0.2, 0.25) is 0 Å². The zero-order chi connectivity index (χ0) is 18.9. The fourth-order valence-electron chi connectivity index (χ4n) is 3.51. The van der Waals surface area contributed by atoms with Crippen molar-refractivity contribution >= 4 is 11.8 Å². The molecule has 0 atom stereocenters. The Morgan fingerprint density at radius 2 is 1.78 bits per heavy atom. The van der Waals surface area contributed by atoms with Gasteiger partial charge in [-0.15, -0.1) is 0 Å². The molecule has 1 aromatic carbocycles. The molecule has 27 heavy (non-hydrogen) atoms. The summed E-state index contributed by atoms with van der Waals surface area (Å²) >= 11 is 0. The van der Waals surface area contributed by atoms with E-state index in [1.807, 2.05) is 30.5 Å². The highest BCUT2D eigenvalue weighted by Crippen LogP contribution is 2.27. The number of hydrogen-bond acceptors (Lipinski definition) is 6. The first kappa shape index (κ1) is 19.3. The lowest BCUT2D eigenvalue weighted by Gasteiger charge is -2.17. The Balaban J connectivity index is 1.52. The molecule has 1 fully saturated rings. The Bertz CT molecular complexity index is 715. The summed E-state index contributed by atoms with van der Waals surface area (Å²) in [6.07, 6.45) is 10.4. The van der Waals surface area contributed by atoms with Crippen molar-refractivity contribution in [1.29, 1.82) is 0 Å². The zero-order valence-electron chi connectivity index (χ0n) is 16.3. The molecule has 2 N–H and O–H groups in total. The Hall–Kier alpha value is -2.50. The Morgan fingerprint density at radius 3 is 2.52 bits per heavy atom. The van der Waals surface area contributed by atoms with E-state index in [2.05, 4.69) is 20.6 Å². The van der Waals surface area contributed by atoms with Gasteiger partial charge in [-0.3, -0.25) is 0 Å². The average molecular weight is 370 g/mol. The number of benzene rings is 1. The summed E-state index contributed by atoms with van der Waals surface area (Å²) in [6.45, 7) is 0.752. The molecule has 0 bridgehead atoms. The molecule has 0 radical (unpaired) electrons. The molecule has 1 aliphatic carbocycles. The highest BCUT2D eigenvalue weighted by molar-refractivity contribution is 5.43. The first-order chi connectivity index (χ1) is 13.3. The molecule has 1 heterocycles. The number of anilines is 2. The fraction of sp³-hybridized carbons (Fsp3) is 0.524. The van der Waals surface area contributed by atoms with Crippen molar-refractivity contribution in [2.45, 2.75) is 51.0 Å². The van der Waals surface area contributed by atoms with E-state index in [1.165, 1.54) is 44.1 Å². The van der Waals surface area contributed by atoms with Crippen LogP contribution in [0.4, 0.5) is 11.8 Å². The molecule has 0 unspecified atom stereocenters. The van der Waals surface area contributed by atoms with Gasteiger partial charge < -0.3 is 20.1 Å². The van der Waals surface area contributed by atoms with Gasteiger partial charge in [-0.2, -0.15) is 4.98 Å². The summed E-state index contributed by atoms with van der Waals surface area (Å²) in [5, 5.41) is 6.89. The first-order valence-electron chi connectivity index (χ1n) is 9.83. The molecule has 0 spiro atoms. The van der Waals surface area contributed by atoms with Gasteiger partial charge in [0.1, 0.15) is 5.82 Å². The number of rotatable bonds is 8. The Kier molecular flexibility index (Phi) is 7.13. The molecule has 6 heteroatoms. The molecule has 2 aromatic rings. The monoisotopic (exact) mass is 370 g/mol. The molecule has 146 valence electrons. The largest absolute Gasteiger partial charge is 0.493 e. The van der Waals surface area contributed by atoms with E-state index in [-0.39, 0.29) is 0 Å². The number of nitrogens with one attached hydrogen (secondary N) is 2. The second-order valence-corrected chi connectivity index (χ2v) is 6.96. The smallest absolute Gasteiger partial charge is 0.224 e. The van der Waals surface area contributed by atoms with Gasteiger partial charge in [0, 0.05) is 18.8 Å². The van der Waals surface area contributed by atoms with Gasteiger partial charge in [-0.25, -0.2) is 4.98 Å². The summed E-state index contributed by atoms with van der Waals surface area (Å²) in [5.74, 6) is 3.07. The molecule has 1 aliphatic rings. The minimum absolute atomic E-state index is 0.530. The lowest BCUT2D eigenvalue weighted by atomic mass is 10.1. The van der Waals surface area contributed by atoms with Gasteiger partial charge in [0.2, 0.25) is 5.95 Å². The van der Waals surface area contributed by atoms with E-state index < -0.39 is 0 Å². The predicted octanol–water partition coefficient (Wildman–Crippen LogP) is 4.28. The van der Waals surface area contributed by atoms with Gasteiger partial charge in [0.25, 0.3) is 0 Å². The summed E-state index contributed by atoms with van der Waals surface area (Å²) in [7, 11) is 3.30. The van der Waals surface area contributed by atoms with Crippen molar-refractivity contribution in [2.75, 3.05) is 31.4 Å². The molecule has 1 saturated carbocycles. The SMILES string of the molecule is COc1ccc(CCNc2nccc(NC3CCCCCC3)n2)cc1OC. The van der Waals surface area contributed by atoms with Crippen molar-refractivity contribution in [3.05, 3.63) is 36.0 Å². The van der Waals surface area contributed by atoms with Crippen LogP contribution in [0.1, 0.15) is 44.1 Å². The topological polar surface area (TPSA) is 68.3 Å². The maximum atomic E-state index is 5.36. The van der Waals surface area contributed by atoms with E-state index in [9.17, 15) is 0 Å². The van der Waals surface area contributed by atoms with E-state index in [4.69, 9.17) is 9.47 Å².